The molecule has 0 radical (unpaired) electrons. The molecule has 2 atom stereocenters. The zero-order valence-corrected chi connectivity index (χ0v) is 13.0. The standard InChI is InChI=1S/C19H20N2O2/c22-12-14-7-3-9-17(20-14)21-18(23)16-11-19(16)10-4-6-13-5-1-2-8-15(13)19/h1-3,5,7-9,16,22H,4,6,10-12H2,(H,20,21,23)/t16-,19-/m1/s1. The average molecular weight is 308 g/mol. The molecule has 0 unspecified atom stereocenters. The molecule has 4 rings (SSSR count). The van der Waals surface area contributed by atoms with Gasteiger partial charge in [0.15, 0.2) is 0 Å². The third-order valence-corrected chi connectivity index (χ3v) is 5.23. The van der Waals surface area contributed by atoms with Gasteiger partial charge in [0.1, 0.15) is 5.82 Å². The number of anilines is 1. The SMILES string of the molecule is O=C(Nc1cccc(CO)n1)[C@H]1C[C@@]12CCCc1ccccc12. The number of rotatable bonds is 3. The maximum Gasteiger partial charge on any atom is 0.229 e. The molecule has 2 aliphatic rings. The van der Waals surface area contributed by atoms with Crippen molar-refractivity contribution in [3.63, 3.8) is 0 Å². The van der Waals surface area contributed by atoms with E-state index in [9.17, 15) is 4.79 Å². The highest BCUT2D eigenvalue weighted by Crippen LogP contribution is 2.60. The molecular formula is C19H20N2O2. The molecule has 4 nitrogen and oxygen atoms in total. The van der Waals surface area contributed by atoms with Crippen molar-refractivity contribution in [2.24, 2.45) is 5.92 Å². The van der Waals surface area contributed by atoms with Crippen molar-refractivity contribution < 1.29 is 9.90 Å². The predicted molar refractivity (Wildman–Crippen MR) is 88.0 cm³/mol. The molecule has 2 aliphatic carbocycles. The van der Waals surface area contributed by atoms with E-state index in [1.807, 2.05) is 0 Å². The van der Waals surface area contributed by atoms with Crippen LogP contribution in [0.1, 0.15) is 36.1 Å². The molecule has 0 aliphatic heterocycles. The van der Waals surface area contributed by atoms with E-state index >= 15 is 0 Å². The fourth-order valence-electron chi connectivity index (χ4n) is 4.03. The molecular weight excluding hydrogens is 288 g/mol. The predicted octanol–water partition coefficient (Wildman–Crippen LogP) is 2.81. The van der Waals surface area contributed by atoms with Gasteiger partial charge in [-0.3, -0.25) is 4.79 Å². The number of fused-ring (bicyclic) bond motifs is 2. The summed E-state index contributed by atoms with van der Waals surface area (Å²) in [7, 11) is 0. The number of hydrogen-bond donors (Lipinski definition) is 2. The maximum absolute atomic E-state index is 12.6. The molecule has 2 aromatic rings. The number of benzene rings is 1. The number of aromatic nitrogens is 1. The second kappa shape index (κ2) is 5.46. The first-order chi connectivity index (χ1) is 11.2. The molecule has 1 amide bonds. The number of nitrogens with one attached hydrogen (secondary N) is 1. The van der Waals surface area contributed by atoms with Gasteiger partial charge in [0.05, 0.1) is 12.3 Å². The van der Waals surface area contributed by atoms with Gasteiger partial charge >= 0.3 is 0 Å². The molecule has 1 spiro atoms. The summed E-state index contributed by atoms with van der Waals surface area (Å²) in [6.07, 6.45) is 4.28. The Labute approximate surface area is 135 Å². The normalized spacial score (nSPS) is 25.0. The van der Waals surface area contributed by atoms with Crippen LogP contribution in [0, 0.1) is 5.92 Å². The zero-order valence-electron chi connectivity index (χ0n) is 13.0. The van der Waals surface area contributed by atoms with Gasteiger partial charge in [0.25, 0.3) is 0 Å². The maximum atomic E-state index is 12.6. The van der Waals surface area contributed by atoms with Crippen LogP contribution in [0.3, 0.4) is 0 Å². The average Bonchev–Trinajstić information content (AvgIpc) is 3.30. The molecule has 0 saturated heterocycles. The highest BCUT2D eigenvalue weighted by Gasteiger charge is 2.60. The fraction of sp³-hybridized carbons (Fsp3) is 0.368. The summed E-state index contributed by atoms with van der Waals surface area (Å²) in [5, 5.41) is 12.1. The number of aliphatic hydroxyl groups excluding tert-OH is 1. The highest BCUT2D eigenvalue weighted by molar-refractivity contribution is 5.95. The van der Waals surface area contributed by atoms with Crippen molar-refractivity contribution >= 4 is 11.7 Å². The van der Waals surface area contributed by atoms with Crippen LogP contribution >= 0.6 is 0 Å². The van der Waals surface area contributed by atoms with Gasteiger partial charge in [0.2, 0.25) is 5.91 Å². The summed E-state index contributed by atoms with van der Waals surface area (Å²) in [6.45, 7) is -0.121. The Morgan fingerprint density at radius 3 is 3.00 bits per heavy atom. The molecule has 23 heavy (non-hydrogen) atoms. The number of aliphatic hydroxyl groups is 1. The Morgan fingerprint density at radius 2 is 2.13 bits per heavy atom. The van der Waals surface area contributed by atoms with E-state index in [-0.39, 0.29) is 23.8 Å². The lowest BCUT2D eigenvalue weighted by Crippen LogP contribution is -2.25. The second-order valence-corrected chi connectivity index (χ2v) is 6.59. The van der Waals surface area contributed by atoms with Crippen LogP contribution in [0.15, 0.2) is 42.5 Å². The highest BCUT2D eigenvalue weighted by atomic mass is 16.3. The Morgan fingerprint density at radius 1 is 1.26 bits per heavy atom. The minimum absolute atomic E-state index is 0.0310. The number of amides is 1. The first-order valence-electron chi connectivity index (χ1n) is 8.19. The quantitative estimate of drug-likeness (QED) is 0.916. The van der Waals surface area contributed by atoms with Crippen LogP contribution < -0.4 is 5.32 Å². The van der Waals surface area contributed by atoms with Crippen molar-refractivity contribution in [1.29, 1.82) is 0 Å². The Bertz CT molecular complexity index is 759. The van der Waals surface area contributed by atoms with Crippen LogP contribution in [0.2, 0.25) is 0 Å². The molecule has 2 N–H and O–H groups in total. The summed E-state index contributed by atoms with van der Waals surface area (Å²) in [6, 6.07) is 13.8. The molecule has 118 valence electrons. The number of pyridine rings is 1. The van der Waals surface area contributed by atoms with Gasteiger partial charge in [-0.15, -0.1) is 0 Å². The Hall–Kier alpha value is -2.20. The van der Waals surface area contributed by atoms with Crippen LogP contribution in [0.25, 0.3) is 0 Å². The van der Waals surface area contributed by atoms with Crippen molar-refractivity contribution in [3.05, 3.63) is 59.3 Å². The number of nitrogens with zero attached hydrogens (tertiary/aromatic N) is 1. The van der Waals surface area contributed by atoms with E-state index in [1.165, 1.54) is 11.1 Å². The van der Waals surface area contributed by atoms with E-state index in [1.54, 1.807) is 18.2 Å². The Kier molecular flexibility index (Phi) is 3.42. The lowest BCUT2D eigenvalue weighted by atomic mass is 9.78. The molecule has 4 heteroatoms. The fourth-order valence-corrected chi connectivity index (χ4v) is 4.03. The lowest BCUT2D eigenvalue weighted by molar-refractivity contribution is -0.117. The summed E-state index contributed by atoms with van der Waals surface area (Å²) < 4.78 is 0. The van der Waals surface area contributed by atoms with E-state index in [4.69, 9.17) is 5.11 Å². The minimum Gasteiger partial charge on any atom is -0.390 e. The molecule has 1 fully saturated rings. The molecule has 1 heterocycles. The third-order valence-electron chi connectivity index (χ3n) is 5.23. The van der Waals surface area contributed by atoms with Gasteiger partial charge in [0, 0.05) is 11.3 Å². The largest absolute Gasteiger partial charge is 0.390 e. The number of carbonyl (C=O) groups is 1. The number of aryl methyl sites for hydroxylation is 1. The zero-order chi connectivity index (χ0) is 15.9. The van der Waals surface area contributed by atoms with Gasteiger partial charge in [-0.2, -0.15) is 0 Å². The summed E-state index contributed by atoms with van der Waals surface area (Å²) in [5.74, 6) is 0.598. The number of carbonyl (C=O) groups excluding carboxylic acids is 1. The van der Waals surface area contributed by atoms with E-state index < -0.39 is 0 Å². The van der Waals surface area contributed by atoms with Gasteiger partial charge < -0.3 is 10.4 Å². The van der Waals surface area contributed by atoms with Crippen LogP contribution in [-0.4, -0.2) is 16.0 Å². The van der Waals surface area contributed by atoms with E-state index in [0.29, 0.717) is 11.5 Å². The lowest BCUT2D eigenvalue weighted by Gasteiger charge is -2.26. The van der Waals surface area contributed by atoms with Crippen LogP contribution in [-0.2, 0) is 23.2 Å². The summed E-state index contributed by atoms with van der Waals surface area (Å²) >= 11 is 0. The first-order valence-corrected chi connectivity index (χ1v) is 8.19. The topological polar surface area (TPSA) is 62.2 Å². The van der Waals surface area contributed by atoms with Gasteiger partial charge in [-0.25, -0.2) is 4.98 Å². The summed E-state index contributed by atoms with van der Waals surface area (Å²) in [4.78, 5) is 16.9. The third kappa shape index (κ3) is 2.43. The first kappa shape index (κ1) is 14.4. The van der Waals surface area contributed by atoms with Crippen LogP contribution in [0.4, 0.5) is 5.82 Å². The number of hydrogen-bond acceptors (Lipinski definition) is 3. The molecule has 1 saturated carbocycles. The van der Waals surface area contributed by atoms with Gasteiger partial charge in [-0.05, 0) is 48.9 Å². The molecule has 1 aromatic carbocycles. The molecule has 0 bridgehead atoms. The van der Waals surface area contributed by atoms with Crippen molar-refractivity contribution in [2.75, 3.05) is 5.32 Å². The van der Waals surface area contributed by atoms with Crippen molar-refractivity contribution in [1.82, 2.24) is 4.98 Å². The van der Waals surface area contributed by atoms with Crippen LogP contribution in [0.5, 0.6) is 0 Å². The Balaban J connectivity index is 1.54. The van der Waals surface area contributed by atoms with Crippen molar-refractivity contribution in [2.45, 2.75) is 37.7 Å². The minimum atomic E-state index is -0.121. The van der Waals surface area contributed by atoms with Gasteiger partial charge in [-0.1, -0.05) is 30.3 Å². The monoisotopic (exact) mass is 308 g/mol. The van der Waals surface area contributed by atoms with E-state index in [0.717, 1.165) is 25.7 Å². The molecule has 1 aromatic heterocycles. The van der Waals surface area contributed by atoms with Crippen molar-refractivity contribution in [3.8, 4) is 0 Å². The second-order valence-electron chi connectivity index (χ2n) is 6.59. The van der Waals surface area contributed by atoms with E-state index in [2.05, 4.69) is 34.6 Å². The smallest absolute Gasteiger partial charge is 0.229 e. The summed E-state index contributed by atoms with van der Waals surface area (Å²) in [5.41, 5.74) is 3.36.